The lowest BCUT2D eigenvalue weighted by Crippen LogP contribution is -2.37. The van der Waals surface area contributed by atoms with Crippen LogP contribution < -0.4 is 5.32 Å². The number of hydrogen-bond acceptors (Lipinski definition) is 5. The molecule has 0 radical (unpaired) electrons. The van der Waals surface area contributed by atoms with E-state index in [1.165, 1.54) is 0 Å². The molecule has 0 bridgehead atoms. The van der Waals surface area contributed by atoms with Crippen molar-refractivity contribution in [2.24, 2.45) is 0 Å². The molecule has 0 atom stereocenters. The summed E-state index contributed by atoms with van der Waals surface area (Å²) in [5.74, 6) is 1.64. The number of carboxylic acid groups (broad SMARTS) is 1. The summed E-state index contributed by atoms with van der Waals surface area (Å²) in [6, 6.07) is 13.0. The van der Waals surface area contributed by atoms with Gasteiger partial charge < -0.3 is 15.3 Å². The number of rotatable bonds is 5. The van der Waals surface area contributed by atoms with Gasteiger partial charge in [-0.15, -0.1) is 0 Å². The van der Waals surface area contributed by atoms with Crippen LogP contribution in [0.15, 0.2) is 42.5 Å². The van der Waals surface area contributed by atoms with Crippen LogP contribution in [0, 0.1) is 5.41 Å². The maximum absolute atomic E-state index is 12.7. The van der Waals surface area contributed by atoms with Gasteiger partial charge in [0.05, 0.1) is 6.54 Å². The van der Waals surface area contributed by atoms with Gasteiger partial charge in [0.1, 0.15) is 5.84 Å². The summed E-state index contributed by atoms with van der Waals surface area (Å²) in [5, 5.41) is 20.3. The molecule has 2 heterocycles. The van der Waals surface area contributed by atoms with E-state index >= 15 is 0 Å². The molecule has 2 aromatic carbocycles. The first-order chi connectivity index (χ1) is 15.0. The van der Waals surface area contributed by atoms with Crippen molar-refractivity contribution < 1.29 is 14.7 Å². The number of carbonyl (C=O) groups is 2. The van der Waals surface area contributed by atoms with Crippen molar-refractivity contribution in [1.29, 1.82) is 5.41 Å². The number of nitrogens with zero attached hydrogens (tertiary/aromatic N) is 2. The Morgan fingerprint density at radius 3 is 2.42 bits per heavy atom. The van der Waals surface area contributed by atoms with Gasteiger partial charge in [0.15, 0.2) is 0 Å². The van der Waals surface area contributed by atoms with E-state index in [1.807, 2.05) is 53.1 Å². The molecule has 1 saturated heterocycles. The van der Waals surface area contributed by atoms with E-state index in [4.69, 9.17) is 10.5 Å². The summed E-state index contributed by atoms with van der Waals surface area (Å²) in [4.78, 5) is 27.6. The lowest BCUT2D eigenvalue weighted by Gasteiger charge is -2.28. The smallest absolute Gasteiger partial charge is 0.317 e. The molecule has 1 amide bonds. The summed E-state index contributed by atoms with van der Waals surface area (Å²) < 4.78 is 0. The molecule has 2 aromatic rings. The van der Waals surface area contributed by atoms with E-state index < -0.39 is 5.97 Å². The fourth-order valence-electron chi connectivity index (χ4n) is 3.96. The lowest BCUT2D eigenvalue weighted by atomic mass is 9.97. The predicted octanol–water partition coefficient (Wildman–Crippen LogP) is 2.76. The molecule has 162 valence electrons. The van der Waals surface area contributed by atoms with Gasteiger partial charge in [-0.05, 0) is 53.9 Å². The first-order valence-corrected chi connectivity index (χ1v) is 11.5. The molecule has 0 spiro atoms. The molecular formula is C23H26N4O3S. The second kappa shape index (κ2) is 9.53. The highest BCUT2D eigenvalue weighted by Crippen LogP contribution is 2.21. The third-order valence-electron chi connectivity index (χ3n) is 5.66. The van der Waals surface area contributed by atoms with Crippen LogP contribution in [0.2, 0.25) is 0 Å². The number of carbonyl (C=O) groups excluding carboxylic acids is 1. The monoisotopic (exact) mass is 438 g/mol. The SMILES string of the molecule is N=C(c1ccc(NC(=O)c2ccc3c(c2)CCN(CC(=O)O)C3)cc1)N1CCSCC1. The second-order valence-corrected chi connectivity index (χ2v) is 9.04. The Morgan fingerprint density at radius 1 is 1.00 bits per heavy atom. The minimum Gasteiger partial charge on any atom is -0.480 e. The van der Waals surface area contributed by atoms with Crippen molar-refractivity contribution in [3.05, 3.63) is 64.7 Å². The predicted molar refractivity (Wildman–Crippen MR) is 123 cm³/mol. The van der Waals surface area contributed by atoms with Gasteiger partial charge in [-0.2, -0.15) is 11.8 Å². The third kappa shape index (κ3) is 5.26. The van der Waals surface area contributed by atoms with Gasteiger partial charge in [0, 0.05) is 54.5 Å². The van der Waals surface area contributed by atoms with Crippen LogP contribution in [0.25, 0.3) is 0 Å². The van der Waals surface area contributed by atoms with Gasteiger partial charge >= 0.3 is 5.97 Å². The number of fused-ring (bicyclic) bond motifs is 1. The number of aliphatic carboxylic acids is 1. The Labute approximate surface area is 185 Å². The Morgan fingerprint density at radius 2 is 1.71 bits per heavy atom. The number of amides is 1. The van der Waals surface area contributed by atoms with E-state index in [0.717, 1.165) is 47.7 Å². The molecule has 8 heteroatoms. The Bertz CT molecular complexity index is 987. The van der Waals surface area contributed by atoms with Gasteiger partial charge in [-0.25, -0.2) is 0 Å². The average molecular weight is 439 g/mol. The summed E-state index contributed by atoms with van der Waals surface area (Å²) in [6.45, 7) is 3.09. The Balaban J connectivity index is 1.38. The maximum atomic E-state index is 12.7. The highest BCUT2D eigenvalue weighted by Gasteiger charge is 2.20. The van der Waals surface area contributed by atoms with Crippen molar-refractivity contribution >= 4 is 35.2 Å². The zero-order valence-corrected chi connectivity index (χ0v) is 18.1. The van der Waals surface area contributed by atoms with Crippen LogP contribution in [0.5, 0.6) is 0 Å². The summed E-state index contributed by atoms with van der Waals surface area (Å²) >= 11 is 1.92. The number of hydrogen-bond donors (Lipinski definition) is 3. The van der Waals surface area contributed by atoms with Crippen molar-refractivity contribution in [1.82, 2.24) is 9.80 Å². The van der Waals surface area contributed by atoms with Crippen LogP contribution in [0.3, 0.4) is 0 Å². The minimum absolute atomic E-state index is 0.0336. The molecule has 4 rings (SSSR count). The first-order valence-electron chi connectivity index (χ1n) is 10.4. The van der Waals surface area contributed by atoms with E-state index in [1.54, 1.807) is 6.07 Å². The molecule has 0 aliphatic carbocycles. The molecule has 31 heavy (non-hydrogen) atoms. The highest BCUT2D eigenvalue weighted by atomic mass is 32.2. The van der Waals surface area contributed by atoms with Gasteiger partial charge in [-0.1, -0.05) is 6.07 Å². The van der Waals surface area contributed by atoms with Crippen LogP contribution in [-0.4, -0.2) is 70.3 Å². The lowest BCUT2D eigenvalue weighted by molar-refractivity contribution is -0.138. The van der Waals surface area contributed by atoms with Crippen molar-refractivity contribution in [3.63, 3.8) is 0 Å². The van der Waals surface area contributed by atoms with E-state index in [9.17, 15) is 9.59 Å². The standard InChI is InChI=1S/C23H26N4O3S/c24-22(27-9-11-31-12-10-27)16-3-5-20(6-4-16)25-23(30)18-1-2-19-14-26(15-21(28)29)8-7-17(19)13-18/h1-6,13,24H,7-12,14-15H2,(H,25,30)(H,28,29). The third-order valence-corrected chi connectivity index (χ3v) is 6.60. The van der Waals surface area contributed by atoms with Crippen LogP contribution in [-0.2, 0) is 17.8 Å². The van der Waals surface area contributed by atoms with Gasteiger partial charge in [-0.3, -0.25) is 19.9 Å². The molecule has 0 aromatic heterocycles. The number of thioether (sulfide) groups is 1. The van der Waals surface area contributed by atoms with Gasteiger partial charge in [0.2, 0.25) is 0 Å². The minimum atomic E-state index is -0.824. The highest BCUT2D eigenvalue weighted by molar-refractivity contribution is 7.99. The molecule has 2 aliphatic rings. The number of nitrogens with one attached hydrogen (secondary N) is 2. The van der Waals surface area contributed by atoms with Crippen LogP contribution in [0.4, 0.5) is 5.69 Å². The molecule has 0 saturated carbocycles. The molecule has 7 nitrogen and oxygen atoms in total. The van der Waals surface area contributed by atoms with E-state index in [-0.39, 0.29) is 12.5 Å². The number of carboxylic acids is 1. The molecule has 3 N–H and O–H groups in total. The topological polar surface area (TPSA) is 96.7 Å². The van der Waals surface area contributed by atoms with E-state index in [2.05, 4.69) is 10.2 Å². The quantitative estimate of drug-likeness (QED) is 0.491. The maximum Gasteiger partial charge on any atom is 0.317 e. The van der Waals surface area contributed by atoms with Crippen molar-refractivity contribution in [2.75, 3.05) is 43.0 Å². The first kappa shape index (κ1) is 21.4. The number of amidine groups is 1. The summed E-state index contributed by atoms with van der Waals surface area (Å²) in [5.41, 5.74) is 4.31. The molecule has 1 fully saturated rings. The summed E-state index contributed by atoms with van der Waals surface area (Å²) in [7, 11) is 0. The number of benzene rings is 2. The number of anilines is 1. The van der Waals surface area contributed by atoms with E-state index in [0.29, 0.717) is 30.2 Å². The van der Waals surface area contributed by atoms with Crippen molar-refractivity contribution in [2.45, 2.75) is 13.0 Å². The zero-order chi connectivity index (χ0) is 21.8. The Hall–Kier alpha value is -2.84. The molecule has 2 aliphatic heterocycles. The molecular weight excluding hydrogens is 412 g/mol. The van der Waals surface area contributed by atoms with Crippen LogP contribution in [0.1, 0.15) is 27.0 Å². The second-order valence-electron chi connectivity index (χ2n) is 7.82. The van der Waals surface area contributed by atoms with Gasteiger partial charge in [0.25, 0.3) is 5.91 Å². The molecule has 0 unspecified atom stereocenters. The fourth-order valence-corrected chi connectivity index (χ4v) is 4.87. The summed E-state index contributed by atoms with van der Waals surface area (Å²) in [6.07, 6.45) is 0.732. The average Bonchev–Trinajstić information content (AvgIpc) is 2.79. The normalized spacial score (nSPS) is 16.5. The Kier molecular flexibility index (Phi) is 6.58. The van der Waals surface area contributed by atoms with Crippen LogP contribution >= 0.6 is 11.8 Å². The largest absolute Gasteiger partial charge is 0.480 e. The zero-order valence-electron chi connectivity index (χ0n) is 17.3. The fraction of sp³-hybridized carbons (Fsp3) is 0.348. The van der Waals surface area contributed by atoms with Crippen molar-refractivity contribution in [3.8, 4) is 0 Å².